The third-order valence-corrected chi connectivity index (χ3v) is 5.74. The van der Waals surface area contributed by atoms with Gasteiger partial charge in [-0.05, 0) is 44.6 Å². The lowest BCUT2D eigenvalue weighted by Crippen LogP contribution is -2.39. The van der Waals surface area contributed by atoms with Crippen LogP contribution in [0.1, 0.15) is 55.0 Å². The quantitative estimate of drug-likeness (QED) is 0.861. The van der Waals surface area contributed by atoms with Crippen LogP contribution in [0, 0.1) is 12.8 Å². The first kappa shape index (κ1) is 16.3. The molecule has 1 aromatic heterocycles. The van der Waals surface area contributed by atoms with Gasteiger partial charge in [-0.25, -0.2) is 0 Å². The van der Waals surface area contributed by atoms with Crippen molar-refractivity contribution in [2.24, 2.45) is 5.92 Å². The van der Waals surface area contributed by atoms with Gasteiger partial charge in [0.25, 0.3) is 0 Å². The SMILES string of the molecule is CCn1cnnc1C1CCN(C(=O)[C@H]2C[C@@H]2c2cccc(C)c2)CC1. The average Bonchev–Trinajstić information content (AvgIpc) is 3.30. The van der Waals surface area contributed by atoms with Gasteiger partial charge >= 0.3 is 0 Å². The fourth-order valence-electron chi connectivity index (χ4n) is 4.15. The van der Waals surface area contributed by atoms with Gasteiger partial charge in [0.15, 0.2) is 0 Å². The van der Waals surface area contributed by atoms with Gasteiger partial charge in [0.05, 0.1) is 0 Å². The third-order valence-electron chi connectivity index (χ3n) is 5.74. The van der Waals surface area contributed by atoms with Gasteiger partial charge in [0.1, 0.15) is 12.2 Å². The van der Waals surface area contributed by atoms with E-state index in [-0.39, 0.29) is 5.92 Å². The Morgan fingerprint density at radius 3 is 2.80 bits per heavy atom. The summed E-state index contributed by atoms with van der Waals surface area (Å²) < 4.78 is 2.12. The van der Waals surface area contributed by atoms with Gasteiger partial charge in [-0.2, -0.15) is 0 Å². The Balaban J connectivity index is 1.35. The predicted molar refractivity (Wildman–Crippen MR) is 96.3 cm³/mol. The van der Waals surface area contributed by atoms with Crippen LogP contribution in [0.3, 0.4) is 0 Å². The van der Waals surface area contributed by atoms with Gasteiger partial charge in [0, 0.05) is 31.5 Å². The number of aryl methyl sites for hydroxylation is 2. The first-order valence-corrected chi connectivity index (χ1v) is 9.40. The Morgan fingerprint density at radius 1 is 1.28 bits per heavy atom. The second-order valence-electron chi connectivity index (χ2n) is 7.44. The number of piperidine rings is 1. The van der Waals surface area contributed by atoms with Crippen molar-refractivity contribution in [3.63, 3.8) is 0 Å². The monoisotopic (exact) mass is 338 g/mol. The molecule has 2 atom stereocenters. The van der Waals surface area contributed by atoms with Crippen LogP contribution in [0.5, 0.6) is 0 Å². The van der Waals surface area contributed by atoms with Crippen LogP contribution in [-0.2, 0) is 11.3 Å². The van der Waals surface area contributed by atoms with E-state index in [2.05, 4.69) is 57.8 Å². The first-order valence-electron chi connectivity index (χ1n) is 9.40. The maximum absolute atomic E-state index is 12.8. The second-order valence-corrected chi connectivity index (χ2v) is 7.44. The second kappa shape index (κ2) is 6.62. The molecule has 2 fully saturated rings. The van der Waals surface area contributed by atoms with Crippen LogP contribution in [-0.4, -0.2) is 38.7 Å². The summed E-state index contributed by atoms with van der Waals surface area (Å²) in [5.74, 6) is 2.48. The highest BCUT2D eigenvalue weighted by Crippen LogP contribution is 2.49. The zero-order valence-electron chi connectivity index (χ0n) is 15.1. The van der Waals surface area contributed by atoms with Crippen LogP contribution in [0.2, 0.25) is 0 Å². The number of carbonyl (C=O) groups is 1. The maximum Gasteiger partial charge on any atom is 0.226 e. The van der Waals surface area contributed by atoms with Gasteiger partial charge in [-0.1, -0.05) is 29.8 Å². The molecular weight excluding hydrogens is 312 g/mol. The molecule has 5 nitrogen and oxygen atoms in total. The number of hydrogen-bond acceptors (Lipinski definition) is 3. The minimum atomic E-state index is 0.192. The number of benzene rings is 1. The standard InChI is InChI=1S/C20H26N4O/c1-3-23-13-21-22-19(23)15-7-9-24(10-8-15)20(25)18-12-17(18)16-6-4-5-14(2)11-16/h4-6,11,13,15,17-18H,3,7-10,12H2,1-2H3/t17-,18+/m1/s1. The summed E-state index contributed by atoms with van der Waals surface area (Å²) in [7, 11) is 0. The van der Waals surface area contributed by atoms with Crippen LogP contribution in [0.15, 0.2) is 30.6 Å². The lowest BCUT2D eigenvalue weighted by Gasteiger charge is -2.32. The van der Waals surface area contributed by atoms with Crippen LogP contribution < -0.4 is 0 Å². The van der Waals surface area contributed by atoms with Crippen LogP contribution in [0.25, 0.3) is 0 Å². The van der Waals surface area contributed by atoms with Crippen molar-refractivity contribution in [2.45, 2.75) is 51.5 Å². The zero-order valence-corrected chi connectivity index (χ0v) is 15.1. The van der Waals surface area contributed by atoms with E-state index in [4.69, 9.17) is 0 Å². The topological polar surface area (TPSA) is 51.0 Å². The molecule has 2 aliphatic rings. The molecule has 1 saturated heterocycles. The summed E-state index contributed by atoms with van der Waals surface area (Å²) in [6.45, 7) is 6.82. The molecule has 5 heteroatoms. The molecule has 25 heavy (non-hydrogen) atoms. The zero-order chi connectivity index (χ0) is 17.4. The van der Waals surface area contributed by atoms with E-state index >= 15 is 0 Å². The summed E-state index contributed by atoms with van der Waals surface area (Å²) >= 11 is 0. The van der Waals surface area contributed by atoms with Crippen molar-refractivity contribution in [2.75, 3.05) is 13.1 Å². The van der Waals surface area contributed by atoms with E-state index in [1.165, 1.54) is 11.1 Å². The maximum atomic E-state index is 12.8. The van der Waals surface area contributed by atoms with Crippen molar-refractivity contribution in [3.05, 3.63) is 47.5 Å². The Labute approximate surface area is 149 Å². The summed E-state index contributed by atoms with van der Waals surface area (Å²) in [6, 6.07) is 8.60. The number of likely N-dealkylation sites (tertiary alicyclic amines) is 1. The Bertz CT molecular complexity index is 761. The molecule has 1 saturated carbocycles. The minimum absolute atomic E-state index is 0.192. The highest BCUT2D eigenvalue weighted by Gasteiger charge is 2.46. The van der Waals surface area contributed by atoms with Crippen molar-refractivity contribution in [3.8, 4) is 0 Å². The Kier molecular flexibility index (Phi) is 4.32. The average molecular weight is 338 g/mol. The molecular formula is C20H26N4O. The number of amides is 1. The van der Waals surface area contributed by atoms with E-state index in [0.29, 0.717) is 17.7 Å². The first-order chi connectivity index (χ1) is 12.2. The number of aromatic nitrogens is 3. The number of rotatable bonds is 4. The van der Waals surface area contributed by atoms with Gasteiger partial charge in [-0.15, -0.1) is 10.2 Å². The number of nitrogens with zero attached hydrogens (tertiary/aromatic N) is 4. The van der Waals surface area contributed by atoms with E-state index in [0.717, 1.165) is 44.7 Å². The van der Waals surface area contributed by atoms with Gasteiger partial charge in [0.2, 0.25) is 5.91 Å². The van der Waals surface area contributed by atoms with Crippen molar-refractivity contribution in [1.29, 1.82) is 0 Å². The van der Waals surface area contributed by atoms with Crippen LogP contribution in [0.4, 0.5) is 0 Å². The smallest absolute Gasteiger partial charge is 0.226 e. The van der Waals surface area contributed by atoms with Crippen molar-refractivity contribution in [1.82, 2.24) is 19.7 Å². The fourth-order valence-corrected chi connectivity index (χ4v) is 4.15. The van der Waals surface area contributed by atoms with Gasteiger partial charge in [-0.3, -0.25) is 4.79 Å². The molecule has 132 valence electrons. The molecule has 0 radical (unpaired) electrons. The summed E-state index contributed by atoms with van der Waals surface area (Å²) in [6.07, 6.45) is 4.80. The van der Waals surface area contributed by atoms with E-state index in [9.17, 15) is 4.79 Å². The lowest BCUT2D eigenvalue weighted by atomic mass is 9.95. The molecule has 1 amide bonds. The van der Waals surface area contributed by atoms with Crippen LogP contribution >= 0.6 is 0 Å². The molecule has 0 unspecified atom stereocenters. The molecule has 1 aromatic carbocycles. The van der Waals surface area contributed by atoms with E-state index in [1.54, 1.807) is 0 Å². The molecule has 4 rings (SSSR count). The molecule has 1 aliphatic carbocycles. The van der Waals surface area contributed by atoms with Crippen molar-refractivity contribution >= 4 is 5.91 Å². The highest BCUT2D eigenvalue weighted by atomic mass is 16.2. The summed E-state index contributed by atoms with van der Waals surface area (Å²) in [4.78, 5) is 14.9. The molecule has 0 bridgehead atoms. The van der Waals surface area contributed by atoms with Gasteiger partial charge < -0.3 is 9.47 Å². The van der Waals surface area contributed by atoms with E-state index in [1.807, 2.05) is 6.33 Å². The summed E-state index contributed by atoms with van der Waals surface area (Å²) in [5, 5.41) is 8.34. The van der Waals surface area contributed by atoms with Crippen molar-refractivity contribution < 1.29 is 4.79 Å². The minimum Gasteiger partial charge on any atom is -0.342 e. The molecule has 2 heterocycles. The molecule has 1 aliphatic heterocycles. The largest absolute Gasteiger partial charge is 0.342 e. The molecule has 0 spiro atoms. The predicted octanol–water partition coefficient (Wildman–Crippen LogP) is 3.12. The third kappa shape index (κ3) is 3.20. The van der Waals surface area contributed by atoms with E-state index < -0.39 is 0 Å². The number of carbonyl (C=O) groups excluding carboxylic acids is 1. The number of hydrogen-bond donors (Lipinski definition) is 0. The Hall–Kier alpha value is -2.17. The normalized spacial score (nSPS) is 23.7. The molecule has 0 N–H and O–H groups in total. The molecule has 2 aromatic rings. The fraction of sp³-hybridized carbons (Fsp3) is 0.550. The summed E-state index contributed by atoms with van der Waals surface area (Å²) in [5.41, 5.74) is 2.60. The lowest BCUT2D eigenvalue weighted by molar-refractivity contribution is -0.133. The Morgan fingerprint density at radius 2 is 2.08 bits per heavy atom. The highest BCUT2D eigenvalue weighted by molar-refractivity contribution is 5.83.